The van der Waals surface area contributed by atoms with Crippen molar-refractivity contribution in [2.24, 2.45) is 5.41 Å². The molecule has 6 nitrogen and oxygen atoms in total. The van der Waals surface area contributed by atoms with E-state index < -0.39 is 0 Å². The van der Waals surface area contributed by atoms with Crippen LogP contribution >= 0.6 is 0 Å². The summed E-state index contributed by atoms with van der Waals surface area (Å²) in [5.41, 5.74) is 4.76. The first-order chi connectivity index (χ1) is 13.1. The highest BCUT2D eigenvalue weighted by molar-refractivity contribution is 5.94. The number of rotatable bonds is 4. The van der Waals surface area contributed by atoms with Gasteiger partial charge in [0.15, 0.2) is 0 Å². The van der Waals surface area contributed by atoms with Gasteiger partial charge in [-0.25, -0.2) is 4.98 Å². The first-order valence-corrected chi connectivity index (χ1v) is 9.69. The zero-order chi connectivity index (χ0) is 18.4. The average Bonchev–Trinajstić information content (AvgIpc) is 3.26. The Morgan fingerprint density at radius 2 is 2.07 bits per heavy atom. The summed E-state index contributed by atoms with van der Waals surface area (Å²) in [5, 5.41) is 12.3. The van der Waals surface area contributed by atoms with Gasteiger partial charge < -0.3 is 15.0 Å². The van der Waals surface area contributed by atoms with Crippen LogP contribution in [0.15, 0.2) is 36.5 Å². The third kappa shape index (κ3) is 2.94. The van der Waals surface area contributed by atoms with E-state index in [1.807, 2.05) is 32.2 Å². The molecule has 0 unspecified atom stereocenters. The second-order valence-electron chi connectivity index (χ2n) is 8.13. The zero-order valence-electron chi connectivity index (χ0n) is 15.8. The molecule has 2 fully saturated rings. The molecule has 0 atom stereocenters. The van der Waals surface area contributed by atoms with Crippen molar-refractivity contribution in [1.29, 1.82) is 0 Å². The quantitative estimate of drug-likeness (QED) is 0.745. The Balaban J connectivity index is 1.45. The lowest BCUT2D eigenvalue weighted by atomic mass is 9.81. The van der Waals surface area contributed by atoms with E-state index in [2.05, 4.69) is 43.6 Å². The van der Waals surface area contributed by atoms with Crippen LogP contribution in [0.25, 0.3) is 22.2 Å². The standard InChI is InChI=1S/C21H25N5O/c1-14(2)27-19-6-3-15(10-23-19)20-17-9-16(4-5-18(17)24-25-20)26-8-7-21(13-26)11-22-12-21/h3-6,9-10,14,22H,7-8,11-13H2,1-2H3,(H,24,25). The summed E-state index contributed by atoms with van der Waals surface area (Å²) in [7, 11) is 0. The summed E-state index contributed by atoms with van der Waals surface area (Å²) in [4.78, 5) is 6.93. The number of pyridine rings is 1. The molecule has 3 aromatic rings. The number of H-pyrrole nitrogens is 1. The second-order valence-corrected chi connectivity index (χ2v) is 8.13. The number of fused-ring (bicyclic) bond motifs is 1. The molecule has 2 aromatic heterocycles. The molecule has 5 rings (SSSR count). The predicted octanol–water partition coefficient (Wildman–Crippen LogP) is 3.21. The fraction of sp³-hybridized carbons (Fsp3) is 0.429. The molecule has 1 spiro atoms. The summed E-state index contributed by atoms with van der Waals surface area (Å²) in [6.07, 6.45) is 3.23. The van der Waals surface area contributed by atoms with Crippen LogP contribution in [0.3, 0.4) is 0 Å². The van der Waals surface area contributed by atoms with Gasteiger partial charge in [-0.15, -0.1) is 0 Å². The number of hydrogen-bond donors (Lipinski definition) is 2. The van der Waals surface area contributed by atoms with Gasteiger partial charge in [0.05, 0.1) is 11.6 Å². The van der Waals surface area contributed by atoms with Crippen LogP contribution in [0.4, 0.5) is 5.69 Å². The van der Waals surface area contributed by atoms with Gasteiger partial charge in [-0.2, -0.15) is 5.10 Å². The molecule has 0 radical (unpaired) electrons. The average molecular weight is 363 g/mol. The molecular weight excluding hydrogens is 338 g/mol. The van der Waals surface area contributed by atoms with Gasteiger partial charge in [0.2, 0.25) is 5.88 Å². The highest BCUT2D eigenvalue weighted by Gasteiger charge is 2.42. The van der Waals surface area contributed by atoms with E-state index in [4.69, 9.17) is 4.74 Å². The molecule has 1 aromatic carbocycles. The summed E-state index contributed by atoms with van der Waals surface area (Å²) in [6.45, 7) is 8.57. The maximum absolute atomic E-state index is 5.65. The molecule has 4 heterocycles. The second kappa shape index (κ2) is 6.23. The van der Waals surface area contributed by atoms with Crippen molar-refractivity contribution >= 4 is 16.6 Å². The van der Waals surface area contributed by atoms with Crippen LogP contribution in [-0.4, -0.2) is 47.5 Å². The van der Waals surface area contributed by atoms with E-state index in [0.29, 0.717) is 11.3 Å². The number of anilines is 1. The van der Waals surface area contributed by atoms with Gasteiger partial charge in [-0.05, 0) is 44.5 Å². The first kappa shape index (κ1) is 16.6. The van der Waals surface area contributed by atoms with E-state index in [-0.39, 0.29) is 6.10 Å². The fourth-order valence-electron chi connectivity index (χ4n) is 4.17. The Labute approximate surface area is 158 Å². The maximum atomic E-state index is 5.65. The van der Waals surface area contributed by atoms with Gasteiger partial charge in [0.25, 0.3) is 0 Å². The smallest absolute Gasteiger partial charge is 0.213 e. The van der Waals surface area contributed by atoms with E-state index in [9.17, 15) is 0 Å². The Morgan fingerprint density at radius 3 is 2.74 bits per heavy atom. The predicted molar refractivity (Wildman–Crippen MR) is 107 cm³/mol. The van der Waals surface area contributed by atoms with Crippen LogP contribution in [-0.2, 0) is 0 Å². The third-order valence-electron chi connectivity index (χ3n) is 5.72. The van der Waals surface area contributed by atoms with Gasteiger partial charge in [0.1, 0.15) is 5.69 Å². The normalized spacial score (nSPS) is 18.4. The highest BCUT2D eigenvalue weighted by Crippen LogP contribution is 2.38. The van der Waals surface area contributed by atoms with Gasteiger partial charge in [-0.1, -0.05) is 0 Å². The number of ether oxygens (including phenoxy) is 1. The van der Waals surface area contributed by atoms with Crippen LogP contribution in [0.5, 0.6) is 5.88 Å². The Hall–Kier alpha value is -2.60. The number of nitrogens with one attached hydrogen (secondary N) is 2. The Morgan fingerprint density at radius 1 is 1.19 bits per heavy atom. The van der Waals surface area contributed by atoms with Crippen LogP contribution in [0.2, 0.25) is 0 Å². The minimum absolute atomic E-state index is 0.117. The number of nitrogens with zero attached hydrogens (tertiary/aromatic N) is 3. The molecule has 0 amide bonds. The molecule has 2 saturated heterocycles. The molecule has 0 aliphatic carbocycles. The van der Waals surface area contributed by atoms with Crippen molar-refractivity contribution in [1.82, 2.24) is 20.5 Å². The monoisotopic (exact) mass is 363 g/mol. The maximum Gasteiger partial charge on any atom is 0.213 e. The molecule has 0 saturated carbocycles. The molecule has 2 aliphatic rings. The van der Waals surface area contributed by atoms with Gasteiger partial charge in [0, 0.05) is 60.5 Å². The van der Waals surface area contributed by atoms with Crippen molar-refractivity contribution in [3.8, 4) is 17.1 Å². The van der Waals surface area contributed by atoms with E-state index in [1.165, 1.54) is 12.1 Å². The van der Waals surface area contributed by atoms with Crippen LogP contribution in [0, 0.1) is 5.41 Å². The number of hydrogen-bond acceptors (Lipinski definition) is 5. The molecule has 140 valence electrons. The largest absolute Gasteiger partial charge is 0.475 e. The molecule has 0 bridgehead atoms. The zero-order valence-corrected chi connectivity index (χ0v) is 15.8. The SMILES string of the molecule is CC(C)Oc1ccc(-c2n[nH]c3ccc(N4CCC5(CNC5)C4)cc23)cn1. The van der Waals surface area contributed by atoms with Crippen molar-refractivity contribution in [3.05, 3.63) is 36.5 Å². The minimum atomic E-state index is 0.117. The third-order valence-corrected chi connectivity index (χ3v) is 5.72. The molecular formula is C21H25N5O. The Kier molecular flexibility index (Phi) is 3.82. The fourth-order valence-corrected chi connectivity index (χ4v) is 4.17. The summed E-state index contributed by atoms with van der Waals surface area (Å²) >= 11 is 0. The van der Waals surface area contributed by atoms with E-state index in [1.54, 1.807) is 0 Å². The number of aromatic nitrogens is 3. The first-order valence-electron chi connectivity index (χ1n) is 9.69. The molecule has 2 N–H and O–H groups in total. The number of benzene rings is 1. The minimum Gasteiger partial charge on any atom is -0.475 e. The Bertz CT molecular complexity index is 958. The topological polar surface area (TPSA) is 66.1 Å². The van der Waals surface area contributed by atoms with Gasteiger partial charge >= 0.3 is 0 Å². The van der Waals surface area contributed by atoms with Crippen LogP contribution < -0.4 is 15.0 Å². The van der Waals surface area contributed by atoms with Crippen molar-refractivity contribution in [2.75, 3.05) is 31.1 Å². The summed E-state index contributed by atoms with van der Waals surface area (Å²) < 4.78 is 5.65. The van der Waals surface area contributed by atoms with Crippen LogP contribution in [0.1, 0.15) is 20.3 Å². The lowest BCUT2D eigenvalue weighted by Crippen LogP contribution is -2.54. The summed E-state index contributed by atoms with van der Waals surface area (Å²) in [6, 6.07) is 10.5. The number of aromatic amines is 1. The van der Waals surface area contributed by atoms with E-state index >= 15 is 0 Å². The van der Waals surface area contributed by atoms with Crippen molar-refractivity contribution in [3.63, 3.8) is 0 Å². The molecule has 27 heavy (non-hydrogen) atoms. The van der Waals surface area contributed by atoms with Crippen molar-refractivity contribution < 1.29 is 4.74 Å². The lowest BCUT2D eigenvalue weighted by molar-refractivity contribution is 0.200. The van der Waals surface area contributed by atoms with Gasteiger partial charge in [-0.3, -0.25) is 5.10 Å². The molecule has 6 heteroatoms. The summed E-state index contributed by atoms with van der Waals surface area (Å²) in [5.74, 6) is 0.644. The highest BCUT2D eigenvalue weighted by atomic mass is 16.5. The lowest BCUT2D eigenvalue weighted by Gasteiger charge is -2.39. The molecule has 2 aliphatic heterocycles. The van der Waals surface area contributed by atoms with E-state index in [0.717, 1.165) is 48.3 Å². The van der Waals surface area contributed by atoms with Crippen molar-refractivity contribution in [2.45, 2.75) is 26.4 Å².